The number of aromatic nitrogens is 2. The number of nitrogens with one attached hydrogen (secondary N) is 1. The Morgan fingerprint density at radius 2 is 1.97 bits per heavy atom. The Labute approximate surface area is 166 Å². The summed E-state index contributed by atoms with van der Waals surface area (Å²) >= 11 is 0. The molecule has 5 N–H and O–H groups in total. The first-order chi connectivity index (χ1) is 13.8. The summed E-state index contributed by atoms with van der Waals surface area (Å²) in [7, 11) is 1.27. The van der Waals surface area contributed by atoms with Crippen LogP contribution in [0.3, 0.4) is 0 Å². The molecule has 0 spiro atoms. The van der Waals surface area contributed by atoms with Gasteiger partial charge in [-0.3, -0.25) is 29.1 Å². The Balaban J connectivity index is 0.00000320. The van der Waals surface area contributed by atoms with E-state index in [0.717, 1.165) is 11.0 Å². The Morgan fingerprint density at radius 3 is 2.66 bits per heavy atom. The number of nitrogens with zero attached hydrogens (tertiary/aromatic N) is 3. The molecule has 0 aromatic carbocycles. The molecule has 0 saturated carbocycles. The van der Waals surface area contributed by atoms with Crippen LogP contribution >= 0.6 is 0 Å². The second kappa shape index (κ2) is 7.80. The van der Waals surface area contributed by atoms with Crippen molar-refractivity contribution in [2.75, 3.05) is 7.05 Å². The predicted molar refractivity (Wildman–Crippen MR) is 106 cm³/mol. The van der Waals surface area contributed by atoms with Crippen molar-refractivity contribution in [1.82, 2.24) is 19.8 Å². The van der Waals surface area contributed by atoms with Crippen LogP contribution < -0.4 is 22.2 Å². The molecule has 0 atom stereocenters. The van der Waals surface area contributed by atoms with Crippen LogP contribution in [-0.2, 0) is 11.3 Å². The predicted octanol–water partition coefficient (Wildman–Crippen LogP) is -0.369. The summed E-state index contributed by atoms with van der Waals surface area (Å²) < 4.78 is 1.24. The molecule has 29 heavy (non-hydrogen) atoms. The molecule has 150 valence electrons. The average molecular weight is 396 g/mol. The van der Waals surface area contributed by atoms with Gasteiger partial charge in [-0.05, 0) is 24.3 Å². The summed E-state index contributed by atoms with van der Waals surface area (Å²) in [4.78, 5) is 53.3. The third-order valence-corrected chi connectivity index (χ3v) is 4.24. The number of allylic oxidation sites excluding steroid dienone is 2. The quantitative estimate of drug-likeness (QED) is 0.460. The summed E-state index contributed by atoms with van der Waals surface area (Å²) in [5.74, 6) is -1.86. The van der Waals surface area contributed by atoms with E-state index in [1.165, 1.54) is 30.0 Å². The topological polar surface area (TPSA) is 153 Å². The molecule has 1 aliphatic rings. The highest BCUT2D eigenvalue weighted by atomic mass is 16.2. The number of carbonyl (C=O) groups excluding carboxylic acids is 3. The lowest BCUT2D eigenvalue weighted by Crippen LogP contribution is -2.32. The van der Waals surface area contributed by atoms with Gasteiger partial charge >= 0.3 is 0 Å². The molecule has 2 aromatic heterocycles. The zero-order valence-corrected chi connectivity index (χ0v) is 15.5. The first-order valence-electron chi connectivity index (χ1n) is 8.48. The number of nitrogens with two attached hydrogens (primary N) is 2. The molecule has 0 radical (unpaired) electrons. The summed E-state index contributed by atoms with van der Waals surface area (Å²) in [5.41, 5.74) is 11.9. The first-order valence-corrected chi connectivity index (χ1v) is 8.48. The molecule has 10 nitrogen and oxygen atoms in total. The molecule has 2 aromatic rings. The number of amides is 3. The fourth-order valence-electron chi connectivity index (χ4n) is 2.77. The van der Waals surface area contributed by atoms with Crippen molar-refractivity contribution in [2.45, 2.75) is 6.54 Å². The molecule has 0 aliphatic carbocycles. The van der Waals surface area contributed by atoms with Crippen molar-refractivity contribution >= 4 is 23.4 Å². The van der Waals surface area contributed by atoms with Crippen LogP contribution in [0, 0.1) is 0 Å². The van der Waals surface area contributed by atoms with Crippen LogP contribution in [0.2, 0.25) is 0 Å². The van der Waals surface area contributed by atoms with Crippen molar-refractivity contribution in [3.8, 4) is 0 Å². The molecule has 3 heterocycles. The third-order valence-electron chi connectivity index (χ3n) is 4.24. The third kappa shape index (κ3) is 3.90. The first kappa shape index (κ1) is 19.5. The Kier molecular flexibility index (Phi) is 5.26. The van der Waals surface area contributed by atoms with E-state index in [1.54, 1.807) is 24.5 Å². The van der Waals surface area contributed by atoms with Gasteiger partial charge in [0.25, 0.3) is 11.8 Å². The van der Waals surface area contributed by atoms with Gasteiger partial charge in [-0.2, -0.15) is 0 Å². The van der Waals surface area contributed by atoms with E-state index in [9.17, 15) is 19.2 Å². The summed E-state index contributed by atoms with van der Waals surface area (Å²) in [6.45, 7) is -0.314. The Morgan fingerprint density at radius 1 is 1.21 bits per heavy atom. The fraction of sp³-hybridized carbons (Fsp3) is 0.105. The Bertz CT molecular complexity index is 1120. The van der Waals surface area contributed by atoms with E-state index in [2.05, 4.69) is 10.3 Å². The molecule has 0 bridgehead atoms. The van der Waals surface area contributed by atoms with Crippen LogP contribution in [0.5, 0.6) is 0 Å². The van der Waals surface area contributed by atoms with E-state index in [0.29, 0.717) is 11.3 Å². The molecule has 3 amide bonds. The van der Waals surface area contributed by atoms with Crippen LogP contribution in [0.15, 0.2) is 59.6 Å². The molecule has 1 aliphatic heterocycles. The zero-order valence-electron chi connectivity index (χ0n) is 15.5. The molecule has 0 fully saturated rings. The maximum atomic E-state index is 12.3. The van der Waals surface area contributed by atoms with Gasteiger partial charge in [0.2, 0.25) is 5.91 Å². The minimum absolute atomic E-state index is 0. The average Bonchev–Trinajstić information content (AvgIpc) is 2.94. The highest BCUT2D eigenvalue weighted by molar-refractivity contribution is 6.20. The number of carbonyl (C=O) groups is 3. The van der Waals surface area contributed by atoms with E-state index in [4.69, 9.17) is 11.5 Å². The molecular formula is C19H20N6O4. The highest BCUT2D eigenvalue weighted by Gasteiger charge is 2.37. The normalized spacial score (nSPS) is 14.2. The van der Waals surface area contributed by atoms with Gasteiger partial charge in [0.1, 0.15) is 23.6 Å². The largest absolute Gasteiger partial charge is 0.398 e. The van der Waals surface area contributed by atoms with Crippen molar-refractivity contribution in [3.63, 3.8) is 0 Å². The van der Waals surface area contributed by atoms with Crippen LogP contribution in [-0.4, -0.2) is 39.2 Å². The lowest BCUT2D eigenvalue weighted by atomic mass is 10.2. The van der Waals surface area contributed by atoms with Crippen LogP contribution in [0.4, 0.5) is 0 Å². The Hall–Kier alpha value is -4.21. The maximum absolute atomic E-state index is 12.3. The summed E-state index contributed by atoms with van der Waals surface area (Å²) in [6.07, 6.45) is 7.41. The van der Waals surface area contributed by atoms with E-state index < -0.39 is 23.2 Å². The smallest absolute Gasteiger partial charge is 0.278 e. The van der Waals surface area contributed by atoms with E-state index in [1.807, 2.05) is 0 Å². The fourth-order valence-corrected chi connectivity index (χ4v) is 2.77. The minimum Gasteiger partial charge on any atom is -0.398 e. The van der Waals surface area contributed by atoms with Gasteiger partial charge in [0.15, 0.2) is 5.43 Å². The SMILES string of the molecule is CN1C(=O)c2c(n(CC(=O)N/C(N)=C/C=C(\N)c3cccnc3)ccc2=O)C1=O.[HH]. The van der Waals surface area contributed by atoms with Crippen molar-refractivity contribution in [1.29, 1.82) is 0 Å². The molecule has 0 unspecified atom stereocenters. The standard InChI is InChI=1S/C19H18N6O4.H2/c1-24-18(28)16-13(26)6-8-25(17(16)19(24)29)10-15(27)23-14(21)5-4-12(20)11-3-2-7-22-9-11;/h2-9H,10,20-21H2,1H3,(H,23,27);1H/b12-4-,14-5+;. The second-order valence-corrected chi connectivity index (χ2v) is 6.23. The number of fused-ring (bicyclic) bond motifs is 1. The lowest BCUT2D eigenvalue weighted by molar-refractivity contribution is -0.121. The van der Waals surface area contributed by atoms with Crippen molar-refractivity contribution in [2.24, 2.45) is 11.5 Å². The van der Waals surface area contributed by atoms with Gasteiger partial charge < -0.3 is 21.4 Å². The molecular weight excluding hydrogens is 376 g/mol. The molecule has 0 saturated heterocycles. The van der Waals surface area contributed by atoms with Gasteiger partial charge in [-0.25, -0.2) is 0 Å². The summed E-state index contributed by atoms with van der Waals surface area (Å²) in [6, 6.07) is 4.64. The lowest BCUT2D eigenvalue weighted by Gasteiger charge is -2.11. The highest BCUT2D eigenvalue weighted by Crippen LogP contribution is 2.18. The van der Waals surface area contributed by atoms with Crippen LogP contribution in [0.1, 0.15) is 27.8 Å². The number of imide groups is 1. The van der Waals surface area contributed by atoms with Gasteiger partial charge in [0, 0.05) is 44.4 Å². The minimum atomic E-state index is -0.694. The van der Waals surface area contributed by atoms with Crippen molar-refractivity contribution < 1.29 is 15.8 Å². The number of hydrogen-bond donors (Lipinski definition) is 3. The van der Waals surface area contributed by atoms with Gasteiger partial charge in [0.05, 0.1) is 0 Å². The van der Waals surface area contributed by atoms with Crippen molar-refractivity contribution in [3.05, 3.63) is 81.8 Å². The maximum Gasteiger partial charge on any atom is 0.278 e. The number of rotatable bonds is 5. The van der Waals surface area contributed by atoms with Crippen LogP contribution in [0.25, 0.3) is 5.70 Å². The summed E-state index contributed by atoms with van der Waals surface area (Å²) in [5, 5.41) is 2.45. The molecule has 3 rings (SSSR count). The second-order valence-electron chi connectivity index (χ2n) is 6.23. The van der Waals surface area contributed by atoms with E-state index in [-0.39, 0.29) is 25.0 Å². The monoisotopic (exact) mass is 396 g/mol. The molecule has 10 heteroatoms. The van der Waals surface area contributed by atoms with Gasteiger partial charge in [-0.15, -0.1) is 0 Å². The number of hydrogen-bond acceptors (Lipinski definition) is 7. The zero-order chi connectivity index (χ0) is 21.1. The number of pyridine rings is 2. The van der Waals surface area contributed by atoms with Gasteiger partial charge in [-0.1, -0.05) is 0 Å². The van der Waals surface area contributed by atoms with E-state index >= 15 is 0 Å².